The molecule has 1 amide bonds. The Hall–Kier alpha value is -1.33. The van der Waals surface area contributed by atoms with E-state index in [1.165, 1.54) is 24.8 Å². The van der Waals surface area contributed by atoms with Gasteiger partial charge < -0.3 is 4.90 Å². The number of thioether (sulfide) groups is 1. The molecule has 0 bridgehead atoms. The Balaban J connectivity index is 1.55. The van der Waals surface area contributed by atoms with Crippen LogP contribution in [0, 0.1) is 6.92 Å². The number of hydrogen-bond donors (Lipinski definition) is 0. The van der Waals surface area contributed by atoms with Gasteiger partial charge in [0.05, 0.1) is 11.4 Å². The van der Waals surface area contributed by atoms with Gasteiger partial charge >= 0.3 is 0 Å². The summed E-state index contributed by atoms with van der Waals surface area (Å²) < 4.78 is 0.968. The number of thiazole rings is 1. The summed E-state index contributed by atoms with van der Waals surface area (Å²) in [5.74, 6) is 0.701. The SMILES string of the molecule is Cc1ccc(-c2csc(SCC(=O)N(C)C3CCCCC3)n2)cc1. The molecule has 1 aliphatic rings. The molecule has 3 nitrogen and oxygen atoms in total. The zero-order chi connectivity index (χ0) is 16.9. The summed E-state index contributed by atoms with van der Waals surface area (Å²) in [7, 11) is 1.96. The lowest BCUT2D eigenvalue weighted by Gasteiger charge is -2.31. The molecule has 0 N–H and O–H groups in total. The number of amides is 1. The second-order valence-corrected chi connectivity index (χ2v) is 8.53. The van der Waals surface area contributed by atoms with E-state index in [4.69, 9.17) is 0 Å². The Kier molecular flexibility index (Phi) is 5.95. The topological polar surface area (TPSA) is 33.2 Å². The zero-order valence-electron chi connectivity index (χ0n) is 14.3. The number of aryl methyl sites for hydroxylation is 1. The van der Waals surface area contributed by atoms with E-state index in [-0.39, 0.29) is 5.91 Å². The van der Waals surface area contributed by atoms with Crippen LogP contribution in [-0.4, -0.2) is 34.6 Å². The maximum Gasteiger partial charge on any atom is 0.233 e. The van der Waals surface area contributed by atoms with Crippen LogP contribution < -0.4 is 0 Å². The van der Waals surface area contributed by atoms with E-state index in [9.17, 15) is 4.79 Å². The van der Waals surface area contributed by atoms with Crippen molar-refractivity contribution in [2.75, 3.05) is 12.8 Å². The van der Waals surface area contributed by atoms with Gasteiger partial charge in [-0.15, -0.1) is 11.3 Å². The van der Waals surface area contributed by atoms with Crippen molar-refractivity contribution in [3.05, 3.63) is 35.2 Å². The molecule has 1 heterocycles. The molecule has 1 saturated carbocycles. The Morgan fingerprint density at radius 3 is 2.67 bits per heavy atom. The number of hydrogen-bond acceptors (Lipinski definition) is 4. The van der Waals surface area contributed by atoms with Crippen molar-refractivity contribution in [3.8, 4) is 11.3 Å². The molecule has 1 aromatic heterocycles. The molecule has 3 rings (SSSR count). The molecule has 1 aromatic carbocycles. The first kappa shape index (κ1) is 17.5. The first-order valence-electron chi connectivity index (χ1n) is 8.54. The number of rotatable bonds is 5. The molecule has 0 spiro atoms. The van der Waals surface area contributed by atoms with Crippen LogP contribution in [0.15, 0.2) is 34.0 Å². The highest BCUT2D eigenvalue weighted by Gasteiger charge is 2.22. The van der Waals surface area contributed by atoms with E-state index in [0.29, 0.717) is 11.8 Å². The van der Waals surface area contributed by atoms with Gasteiger partial charge in [0.25, 0.3) is 0 Å². The molecule has 24 heavy (non-hydrogen) atoms. The second kappa shape index (κ2) is 8.17. The van der Waals surface area contributed by atoms with Gasteiger partial charge in [-0.2, -0.15) is 0 Å². The van der Waals surface area contributed by atoms with Crippen LogP contribution in [0.3, 0.4) is 0 Å². The standard InChI is InChI=1S/C19H24N2OS2/c1-14-8-10-15(11-9-14)17-12-23-19(20-17)24-13-18(22)21(2)16-6-4-3-5-7-16/h8-12,16H,3-7,13H2,1-2H3. The van der Waals surface area contributed by atoms with E-state index >= 15 is 0 Å². The first-order chi connectivity index (χ1) is 11.6. The molecule has 5 heteroatoms. The largest absolute Gasteiger partial charge is 0.342 e. The summed E-state index contributed by atoms with van der Waals surface area (Å²) >= 11 is 3.17. The van der Waals surface area contributed by atoms with Crippen LogP contribution in [0.1, 0.15) is 37.7 Å². The minimum absolute atomic E-state index is 0.221. The summed E-state index contributed by atoms with van der Waals surface area (Å²) in [6.45, 7) is 2.08. The number of carbonyl (C=O) groups excluding carboxylic acids is 1. The second-order valence-electron chi connectivity index (χ2n) is 6.45. The van der Waals surface area contributed by atoms with Crippen molar-refractivity contribution in [1.82, 2.24) is 9.88 Å². The molecule has 128 valence electrons. The fraction of sp³-hybridized carbons (Fsp3) is 0.474. The van der Waals surface area contributed by atoms with Gasteiger partial charge in [-0.05, 0) is 19.8 Å². The first-order valence-corrected chi connectivity index (χ1v) is 10.4. The molecule has 0 unspecified atom stereocenters. The Morgan fingerprint density at radius 1 is 1.25 bits per heavy atom. The predicted octanol–water partition coefficient (Wildman–Crippen LogP) is 5.00. The highest BCUT2D eigenvalue weighted by Crippen LogP contribution is 2.29. The minimum atomic E-state index is 0.221. The molecule has 1 fully saturated rings. The van der Waals surface area contributed by atoms with Crippen LogP contribution in [0.4, 0.5) is 0 Å². The summed E-state index contributed by atoms with van der Waals surface area (Å²) in [6, 6.07) is 8.84. The fourth-order valence-electron chi connectivity index (χ4n) is 3.08. The lowest BCUT2D eigenvalue weighted by Crippen LogP contribution is -2.39. The maximum atomic E-state index is 12.4. The van der Waals surface area contributed by atoms with E-state index in [1.54, 1.807) is 23.1 Å². The van der Waals surface area contributed by atoms with Gasteiger partial charge in [-0.25, -0.2) is 4.98 Å². The minimum Gasteiger partial charge on any atom is -0.342 e. The molecular weight excluding hydrogens is 336 g/mol. The Morgan fingerprint density at radius 2 is 1.96 bits per heavy atom. The average Bonchev–Trinajstić information content (AvgIpc) is 3.09. The quantitative estimate of drug-likeness (QED) is 0.703. The van der Waals surface area contributed by atoms with Gasteiger partial charge in [0, 0.05) is 24.0 Å². The summed E-state index contributed by atoms with van der Waals surface area (Å²) in [6.07, 6.45) is 6.13. The number of nitrogens with zero attached hydrogens (tertiary/aromatic N) is 2. The van der Waals surface area contributed by atoms with Gasteiger partial charge in [0.15, 0.2) is 4.34 Å². The maximum absolute atomic E-state index is 12.4. The highest BCUT2D eigenvalue weighted by molar-refractivity contribution is 8.01. The molecule has 2 aromatic rings. The Labute approximate surface area is 152 Å². The van der Waals surface area contributed by atoms with E-state index in [0.717, 1.165) is 28.4 Å². The fourth-order valence-corrected chi connectivity index (χ4v) is 4.84. The van der Waals surface area contributed by atoms with E-state index in [1.807, 2.05) is 11.9 Å². The van der Waals surface area contributed by atoms with E-state index < -0.39 is 0 Å². The molecule has 0 aliphatic heterocycles. The number of carbonyl (C=O) groups is 1. The summed E-state index contributed by atoms with van der Waals surface area (Å²) in [5.41, 5.74) is 3.38. The zero-order valence-corrected chi connectivity index (χ0v) is 16.0. The normalized spacial score (nSPS) is 15.4. The lowest BCUT2D eigenvalue weighted by molar-refractivity contribution is -0.129. The van der Waals surface area contributed by atoms with Gasteiger partial charge in [0.2, 0.25) is 5.91 Å². The number of aromatic nitrogens is 1. The third kappa shape index (κ3) is 4.39. The summed E-state index contributed by atoms with van der Waals surface area (Å²) in [5, 5.41) is 2.07. The monoisotopic (exact) mass is 360 g/mol. The van der Waals surface area contributed by atoms with Crippen molar-refractivity contribution in [2.45, 2.75) is 49.4 Å². The molecule has 0 saturated heterocycles. The van der Waals surface area contributed by atoms with Crippen molar-refractivity contribution in [2.24, 2.45) is 0 Å². The third-order valence-corrected chi connectivity index (χ3v) is 6.67. The smallest absolute Gasteiger partial charge is 0.233 e. The molecule has 0 atom stereocenters. The highest BCUT2D eigenvalue weighted by atomic mass is 32.2. The van der Waals surface area contributed by atoms with Crippen LogP contribution in [0.5, 0.6) is 0 Å². The van der Waals surface area contributed by atoms with Crippen LogP contribution in [-0.2, 0) is 4.79 Å². The lowest BCUT2D eigenvalue weighted by atomic mass is 9.94. The van der Waals surface area contributed by atoms with Crippen molar-refractivity contribution < 1.29 is 4.79 Å². The van der Waals surface area contributed by atoms with Gasteiger partial charge in [-0.1, -0.05) is 60.9 Å². The number of benzene rings is 1. The van der Waals surface area contributed by atoms with Gasteiger partial charge in [0.1, 0.15) is 0 Å². The van der Waals surface area contributed by atoms with Crippen LogP contribution in [0.25, 0.3) is 11.3 Å². The Bertz CT molecular complexity index is 675. The molecule has 1 aliphatic carbocycles. The molecular formula is C19H24N2OS2. The van der Waals surface area contributed by atoms with Crippen molar-refractivity contribution in [3.63, 3.8) is 0 Å². The van der Waals surface area contributed by atoms with Crippen molar-refractivity contribution in [1.29, 1.82) is 0 Å². The van der Waals surface area contributed by atoms with Crippen molar-refractivity contribution >= 4 is 29.0 Å². The van der Waals surface area contributed by atoms with Gasteiger partial charge in [-0.3, -0.25) is 4.79 Å². The van der Waals surface area contributed by atoms with Crippen LogP contribution >= 0.6 is 23.1 Å². The molecule has 0 radical (unpaired) electrons. The average molecular weight is 361 g/mol. The van der Waals surface area contributed by atoms with E-state index in [2.05, 4.69) is 41.6 Å². The van der Waals surface area contributed by atoms with Crippen LogP contribution in [0.2, 0.25) is 0 Å². The summed E-state index contributed by atoms with van der Waals surface area (Å²) in [4.78, 5) is 19.0. The predicted molar refractivity (Wildman–Crippen MR) is 103 cm³/mol. The third-order valence-electron chi connectivity index (χ3n) is 4.67.